The maximum absolute atomic E-state index is 9.97. The van der Waals surface area contributed by atoms with Crippen LogP contribution < -0.4 is 9.47 Å². The first kappa shape index (κ1) is 69.0. The second-order valence-corrected chi connectivity index (χ2v) is 38.9. The Bertz CT molecular complexity index is 3880. The largest absolute Gasteiger partial charge is 0.491 e. The monoisotopic (exact) mass is 1380 g/mol. The fourth-order valence-corrected chi connectivity index (χ4v) is 13.7. The van der Waals surface area contributed by atoms with Gasteiger partial charge in [-0.2, -0.15) is 15.8 Å². The summed E-state index contributed by atoms with van der Waals surface area (Å²) < 4.78 is 27.5. The molecule has 466 valence electrons. The fraction of sp³-hybridized carbons (Fsp3) is 0.450. The maximum atomic E-state index is 9.97. The lowest BCUT2D eigenvalue weighted by Gasteiger charge is -2.17. The number of H-pyrrole nitrogens is 1. The molecule has 28 heteroatoms. The van der Waals surface area contributed by atoms with Gasteiger partial charge in [-0.15, -0.1) is 0 Å². The Morgan fingerprint density at radius 1 is 0.523 bits per heavy atom. The van der Waals surface area contributed by atoms with Gasteiger partial charge in [-0.05, 0) is 107 Å². The summed E-state index contributed by atoms with van der Waals surface area (Å²) in [5.41, 5.74) is 5.76. The fourth-order valence-electron chi connectivity index (χ4n) is 9.73. The van der Waals surface area contributed by atoms with Crippen molar-refractivity contribution in [3.05, 3.63) is 84.8 Å². The van der Waals surface area contributed by atoms with Crippen LogP contribution in [0.4, 0.5) is 0 Å². The summed E-state index contributed by atoms with van der Waals surface area (Å²) in [6, 6.07) is 15.8. The topological polar surface area (TPSA) is 218 Å². The first-order valence-electron chi connectivity index (χ1n) is 28.7. The number of likely N-dealkylation sites (tertiary alicyclic amines) is 2. The lowest BCUT2D eigenvalue weighted by molar-refractivity contribution is 0.0897. The van der Waals surface area contributed by atoms with E-state index in [-0.39, 0.29) is 0 Å². The number of nitrogens with one attached hydrogen (secondary N) is 1. The third-order valence-electron chi connectivity index (χ3n) is 14.5. The summed E-state index contributed by atoms with van der Waals surface area (Å²) in [4.78, 5) is 35.0. The summed E-state index contributed by atoms with van der Waals surface area (Å²) in [7, 11) is -2.32. The van der Waals surface area contributed by atoms with Crippen molar-refractivity contribution in [3.8, 4) is 52.2 Å². The molecule has 8 aromatic rings. The number of hydrogen-bond donors (Lipinski definition) is 1. The lowest BCUT2D eigenvalue weighted by atomic mass is 10.1. The van der Waals surface area contributed by atoms with E-state index in [1.54, 1.807) is 36.8 Å². The van der Waals surface area contributed by atoms with Gasteiger partial charge in [0.15, 0.2) is 15.5 Å². The Hall–Kier alpha value is -4.86. The molecule has 0 unspecified atom stereocenters. The molecule has 2 aliphatic rings. The summed E-state index contributed by atoms with van der Waals surface area (Å²) >= 11 is 36.6. The van der Waals surface area contributed by atoms with Crippen molar-refractivity contribution >= 4 is 143 Å². The van der Waals surface area contributed by atoms with Crippen LogP contribution in [0.2, 0.25) is 76.6 Å². The molecule has 0 aliphatic carbocycles. The second-order valence-electron chi connectivity index (χ2n) is 23.3. The minimum absolute atomic E-state index is 0.312. The van der Waals surface area contributed by atoms with Gasteiger partial charge in [0.05, 0.1) is 64.3 Å². The van der Waals surface area contributed by atoms with Crippen LogP contribution in [-0.2, 0) is 22.9 Å². The maximum Gasteiger partial charge on any atom is 0.190 e. The zero-order chi connectivity index (χ0) is 63.3. The average Bonchev–Trinajstić information content (AvgIpc) is 2.89. The number of aromatic amines is 1. The Morgan fingerprint density at radius 2 is 0.943 bits per heavy atom. The zero-order valence-electron chi connectivity index (χ0n) is 50.8. The van der Waals surface area contributed by atoms with Crippen molar-refractivity contribution in [3.63, 3.8) is 0 Å². The predicted octanol–water partition coefficient (Wildman–Crippen LogP) is 15.8. The smallest absolute Gasteiger partial charge is 0.190 e. The van der Waals surface area contributed by atoms with Gasteiger partial charge >= 0.3 is 0 Å². The Balaban J connectivity index is 0.000000177. The van der Waals surface area contributed by atoms with Crippen molar-refractivity contribution in [2.24, 2.45) is 0 Å². The van der Waals surface area contributed by atoms with Gasteiger partial charge in [0.2, 0.25) is 0 Å². The third kappa shape index (κ3) is 18.0. The van der Waals surface area contributed by atoms with E-state index in [1.165, 1.54) is 61.0 Å². The Morgan fingerprint density at radius 3 is 1.39 bits per heavy atom. The highest BCUT2D eigenvalue weighted by Crippen LogP contribution is 2.42. The van der Waals surface area contributed by atoms with Gasteiger partial charge in [-0.25, -0.2) is 29.9 Å². The van der Waals surface area contributed by atoms with Gasteiger partial charge in [0, 0.05) is 72.2 Å². The Labute approximate surface area is 554 Å². The highest BCUT2D eigenvalue weighted by molar-refractivity contribution is 7.98. The molecule has 2 aliphatic heterocycles. The van der Waals surface area contributed by atoms with Gasteiger partial charge in [0.25, 0.3) is 0 Å². The van der Waals surface area contributed by atoms with Crippen LogP contribution in [0.5, 0.6) is 11.5 Å². The van der Waals surface area contributed by atoms with Gasteiger partial charge in [0.1, 0.15) is 78.5 Å². The molecule has 2 fully saturated rings. The van der Waals surface area contributed by atoms with Crippen LogP contribution in [0.15, 0.2) is 58.3 Å². The van der Waals surface area contributed by atoms with Crippen LogP contribution in [0.1, 0.15) is 42.4 Å². The number of aromatic nitrogens is 9. The van der Waals surface area contributed by atoms with E-state index in [0.29, 0.717) is 164 Å². The first-order chi connectivity index (χ1) is 42.1. The first-order valence-corrected chi connectivity index (χ1v) is 41.7. The molecule has 18 nitrogen and oxygen atoms in total. The minimum atomic E-state index is -1.21. The molecule has 0 saturated carbocycles. The lowest BCUT2D eigenvalue weighted by Crippen LogP contribution is -2.25. The van der Waals surface area contributed by atoms with E-state index in [4.69, 9.17) is 86.9 Å². The SMILES string of the molecule is CSc1nc(-c2cc(OCCN3CCCC3)c(Cl)cc2Cl)c2c(C#N)c[nH]c2n1.CSc1nc(-c2cc(OCCN3CCCC3)c(Cl)cc2Cl)c2c(C#N)cn(COCC[Si](C)(C)C)c2n1.CSc1nc(Cl)c2c(C#N)cn(COCC[Si](C)(C)C)c2n1. The van der Waals surface area contributed by atoms with Gasteiger partial charge in [-0.3, -0.25) is 9.80 Å². The number of nitrogens with zero attached hydrogens (tertiary/aromatic N) is 13. The molecule has 1 N–H and O–H groups in total. The highest BCUT2D eigenvalue weighted by atomic mass is 35.5. The van der Waals surface area contributed by atoms with Crippen LogP contribution in [-0.4, -0.2) is 154 Å². The van der Waals surface area contributed by atoms with E-state index in [1.807, 2.05) is 34.0 Å². The average molecular weight is 1380 g/mol. The number of hydrogen-bond acceptors (Lipinski definition) is 18. The molecular formula is C60H71Cl5N14O4S3Si2. The molecule has 88 heavy (non-hydrogen) atoms. The molecule has 0 bridgehead atoms. The normalized spacial score (nSPS) is 13.8. The number of nitriles is 3. The highest BCUT2D eigenvalue weighted by Gasteiger charge is 2.25. The number of halogens is 5. The number of fused-ring (bicyclic) bond motifs is 3. The van der Waals surface area contributed by atoms with E-state index in [2.05, 4.69) is 92.2 Å². The van der Waals surface area contributed by atoms with E-state index in [0.717, 1.165) is 51.4 Å². The van der Waals surface area contributed by atoms with E-state index >= 15 is 0 Å². The number of thioether (sulfide) groups is 3. The molecule has 0 spiro atoms. The summed E-state index contributed by atoms with van der Waals surface area (Å²) in [5, 5.41) is 34.4. The zero-order valence-corrected chi connectivity index (χ0v) is 59.1. The quantitative estimate of drug-likeness (QED) is 0.0207. The molecule has 8 heterocycles. The van der Waals surface area contributed by atoms with Crippen LogP contribution >= 0.6 is 93.3 Å². The van der Waals surface area contributed by atoms with Crippen molar-refractivity contribution in [1.29, 1.82) is 15.8 Å². The standard InChI is InChI=1S/C26H33Cl2N5O2SSi.C20H19Cl2N5OS.C14H19ClN4OSSi/c1-36-26-30-24(19-13-22(21(28)14-20(19)27)35-10-9-32-7-5-6-8-32)23-18(15-29)16-33(25(23)31-26)17-34-11-12-37(2,3)4;1-29-20-25-18(17-12(10-23)11-24-19(17)26-20)13-8-16(15(22)9-14(13)21)28-7-6-27-4-2-3-5-27;1-21-14-17-12(15)11-10(7-16)8-19(13(11)18-14)9-20-5-6-22(2,3)4/h13-14,16H,5-12,17H2,1-4H3;8-9,11H,2-7H2,1H3,(H,24,25,26);8H,5-6,9H2,1-4H3. The molecule has 10 rings (SSSR count). The summed E-state index contributed by atoms with van der Waals surface area (Å²) in [6.07, 6.45) is 15.8. The minimum Gasteiger partial charge on any atom is -0.491 e. The summed E-state index contributed by atoms with van der Waals surface area (Å²) in [6.45, 7) is 23.2. The van der Waals surface area contributed by atoms with Crippen molar-refractivity contribution < 1.29 is 18.9 Å². The second kappa shape index (κ2) is 31.9. The van der Waals surface area contributed by atoms with E-state index < -0.39 is 16.1 Å². The third-order valence-corrected chi connectivity index (χ3v) is 21.0. The molecular weight excluding hydrogens is 1310 g/mol. The Kier molecular flexibility index (Phi) is 25.1. The van der Waals surface area contributed by atoms with Crippen molar-refractivity contribution in [1.82, 2.24) is 53.8 Å². The molecule has 0 amide bonds. The van der Waals surface area contributed by atoms with Crippen LogP contribution in [0.3, 0.4) is 0 Å². The van der Waals surface area contributed by atoms with Crippen molar-refractivity contribution in [2.45, 2.75) is 106 Å². The molecule has 0 atom stereocenters. The number of ether oxygens (including phenoxy) is 4. The predicted molar refractivity (Wildman–Crippen MR) is 365 cm³/mol. The number of benzene rings is 2. The van der Waals surface area contributed by atoms with Crippen LogP contribution in [0.25, 0.3) is 55.6 Å². The molecule has 6 aromatic heterocycles. The molecule has 2 aromatic carbocycles. The van der Waals surface area contributed by atoms with Gasteiger partial charge in [-0.1, -0.05) is 133 Å². The van der Waals surface area contributed by atoms with E-state index in [9.17, 15) is 15.8 Å². The number of rotatable bonds is 23. The van der Waals surface area contributed by atoms with Crippen molar-refractivity contribution in [2.75, 3.05) is 84.5 Å². The van der Waals surface area contributed by atoms with Gasteiger partial charge < -0.3 is 33.1 Å². The van der Waals surface area contributed by atoms with Crippen LogP contribution in [0, 0.1) is 34.0 Å². The molecule has 2 saturated heterocycles. The molecule has 0 radical (unpaired) electrons. The summed E-state index contributed by atoms with van der Waals surface area (Å²) in [5.74, 6) is 1.10.